The fourth-order valence-electron chi connectivity index (χ4n) is 1.60. The zero-order valence-corrected chi connectivity index (χ0v) is 11.0. The van der Waals surface area contributed by atoms with Gasteiger partial charge in [-0.15, -0.1) is 0 Å². The number of halogens is 1. The molecule has 2 heterocycles. The van der Waals surface area contributed by atoms with Crippen molar-refractivity contribution in [3.05, 3.63) is 41.6 Å². The molecular weight excluding hydrogens is 289 g/mol. The van der Waals surface area contributed by atoms with E-state index in [1.165, 1.54) is 12.1 Å². The highest BCUT2D eigenvalue weighted by molar-refractivity contribution is 7.92. The summed E-state index contributed by atoms with van der Waals surface area (Å²) in [5, 5.41) is 8.15. The van der Waals surface area contributed by atoms with Gasteiger partial charge in [0, 0.05) is 11.9 Å². The number of anilines is 1. The number of H-pyrrole nitrogens is 1. The van der Waals surface area contributed by atoms with E-state index < -0.39 is 26.8 Å². The minimum absolute atomic E-state index is 0.181. The molecule has 2 aromatic heterocycles. The molecule has 0 saturated heterocycles. The van der Waals surface area contributed by atoms with Crippen molar-refractivity contribution in [1.29, 1.82) is 0 Å². The van der Waals surface area contributed by atoms with Crippen molar-refractivity contribution in [3.63, 3.8) is 0 Å². The van der Waals surface area contributed by atoms with Gasteiger partial charge in [-0.3, -0.25) is 4.72 Å². The first kappa shape index (κ1) is 14.0. The number of aryl methyl sites for hydroxylation is 1. The molecule has 0 saturated carbocycles. The molecule has 3 N–H and O–H groups in total. The van der Waals surface area contributed by atoms with Gasteiger partial charge in [0.1, 0.15) is 5.69 Å². The molecule has 0 amide bonds. The molecule has 0 bridgehead atoms. The quantitative estimate of drug-likeness (QED) is 0.789. The van der Waals surface area contributed by atoms with Crippen LogP contribution in [0.25, 0.3) is 0 Å². The summed E-state index contributed by atoms with van der Waals surface area (Å²) >= 11 is 0. The number of rotatable bonds is 4. The molecule has 0 radical (unpaired) electrons. The van der Waals surface area contributed by atoms with Crippen LogP contribution in [0.4, 0.5) is 10.1 Å². The van der Waals surface area contributed by atoms with Crippen molar-refractivity contribution < 1.29 is 22.7 Å². The standard InChI is InChI=1S/C11H10FN3O4S/c1-6-5-8(9(14-6)11(16)17)15-20(18,19)10-7(12)3-2-4-13-10/h2-5,14-15H,1H3,(H,16,17). The maximum atomic E-state index is 13.4. The van der Waals surface area contributed by atoms with Crippen molar-refractivity contribution >= 4 is 21.7 Å². The first-order valence-corrected chi connectivity index (χ1v) is 6.86. The Balaban J connectivity index is 2.44. The third-order valence-electron chi connectivity index (χ3n) is 2.39. The molecule has 0 aliphatic heterocycles. The molecule has 0 spiro atoms. The number of nitrogens with one attached hydrogen (secondary N) is 2. The molecule has 106 valence electrons. The Hall–Kier alpha value is -2.42. The SMILES string of the molecule is Cc1cc(NS(=O)(=O)c2ncccc2F)c(C(=O)O)[nH]1. The number of carboxylic acid groups (broad SMARTS) is 1. The average Bonchev–Trinajstić information content (AvgIpc) is 2.70. The summed E-state index contributed by atoms with van der Waals surface area (Å²) in [4.78, 5) is 16.9. The number of hydrogen-bond acceptors (Lipinski definition) is 4. The lowest BCUT2D eigenvalue weighted by molar-refractivity contribution is 0.0692. The highest BCUT2D eigenvalue weighted by Crippen LogP contribution is 2.21. The monoisotopic (exact) mass is 299 g/mol. The van der Waals surface area contributed by atoms with Crippen molar-refractivity contribution in [1.82, 2.24) is 9.97 Å². The first-order valence-electron chi connectivity index (χ1n) is 5.37. The third kappa shape index (κ3) is 2.62. The number of aromatic nitrogens is 2. The summed E-state index contributed by atoms with van der Waals surface area (Å²) in [5.74, 6) is -2.36. The number of pyridine rings is 1. The number of carbonyl (C=O) groups is 1. The maximum absolute atomic E-state index is 13.4. The summed E-state index contributed by atoms with van der Waals surface area (Å²) in [6, 6.07) is 3.49. The molecule has 9 heteroatoms. The zero-order valence-electron chi connectivity index (χ0n) is 10.2. The fraction of sp³-hybridized carbons (Fsp3) is 0.0909. The van der Waals surface area contributed by atoms with Gasteiger partial charge in [-0.05, 0) is 25.1 Å². The zero-order chi connectivity index (χ0) is 14.9. The Morgan fingerprint density at radius 3 is 2.80 bits per heavy atom. The maximum Gasteiger partial charge on any atom is 0.354 e. The topological polar surface area (TPSA) is 112 Å². The van der Waals surface area contributed by atoms with Crippen LogP contribution in [0.5, 0.6) is 0 Å². The molecule has 7 nitrogen and oxygen atoms in total. The number of hydrogen-bond donors (Lipinski definition) is 3. The van der Waals surface area contributed by atoms with Crippen LogP contribution in [-0.4, -0.2) is 29.5 Å². The van der Waals surface area contributed by atoms with Crippen molar-refractivity contribution in [3.8, 4) is 0 Å². The lowest BCUT2D eigenvalue weighted by Gasteiger charge is -2.07. The van der Waals surface area contributed by atoms with E-state index in [1.54, 1.807) is 6.92 Å². The van der Waals surface area contributed by atoms with E-state index in [2.05, 4.69) is 9.97 Å². The van der Waals surface area contributed by atoms with Crippen LogP contribution in [-0.2, 0) is 10.0 Å². The summed E-state index contributed by atoms with van der Waals surface area (Å²) < 4.78 is 39.4. The number of nitrogens with zero attached hydrogens (tertiary/aromatic N) is 1. The van der Waals surface area contributed by atoms with E-state index in [9.17, 15) is 17.6 Å². The van der Waals surface area contributed by atoms with Gasteiger partial charge in [0.05, 0.1) is 5.69 Å². The lowest BCUT2D eigenvalue weighted by atomic mass is 10.4. The average molecular weight is 299 g/mol. The Morgan fingerprint density at radius 1 is 1.50 bits per heavy atom. The molecule has 0 aliphatic carbocycles. The number of carboxylic acids is 1. The molecule has 2 aromatic rings. The van der Waals surface area contributed by atoms with Crippen LogP contribution in [0.3, 0.4) is 0 Å². The van der Waals surface area contributed by atoms with Crippen LogP contribution < -0.4 is 4.72 Å². The minimum Gasteiger partial charge on any atom is -0.477 e. The van der Waals surface area contributed by atoms with Gasteiger partial charge in [0.15, 0.2) is 5.82 Å². The number of sulfonamides is 1. The Kier molecular flexibility index (Phi) is 3.45. The molecule has 2 rings (SSSR count). The van der Waals surface area contributed by atoms with Gasteiger partial charge >= 0.3 is 5.97 Å². The van der Waals surface area contributed by atoms with Crippen LogP contribution >= 0.6 is 0 Å². The van der Waals surface area contributed by atoms with Gasteiger partial charge < -0.3 is 10.1 Å². The Labute approximate surface area is 113 Å². The second-order valence-electron chi connectivity index (χ2n) is 3.94. The second kappa shape index (κ2) is 4.93. The molecule has 20 heavy (non-hydrogen) atoms. The third-order valence-corrected chi connectivity index (χ3v) is 3.69. The molecule has 0 fully saturated rings. The molecule has 0 unspecified atom stereocenters. The van der Waals surface area contributed by atoms with E-state index in [0.717, 1.165) is 12.3 Å². The smallest absolute Gasteiger partial charge is 0.354 e. The van der Waals surface area contributed by atoms with Crippen molar-refractivity contribution in [2.75, 3.05) is 4.72 Å². The van der Waals surface area contributed by atoms with Crippen LogP contribution in [0, 0.1) is 12.7 Å². The van der Waals surface area contributed by atoms with E-state index in [4.69, 9.17) is 5.11 Å². The minimum atomic E-state index is -4.31. The molecule has 0 atom stereocenters. The molecular formula is C11H10FN3O4S. The van der Waals surface area contributed by atoms with Gasteiger partial charge in [0.25, 0.3) is 10.0 Å². The molecule has 0 aliphatic rings. The molecule has 0 aromatic carbocycles. The number of aromatic carboxylic acids is 1. The first-order chi connectivity index (χ1) is 9.31. The van der Waals surface area contributed by atoms with Crippen molar-refractivity contribution in [2.24, 2.45) is 0 Å². The summed E-state index contributed by atoms with van der Waals surface area (Å²) in [6.07, 6.45) is 1.12. The Bertz CT molecular complexity index is 770. The highest BCUT2D eigenvalue weighted by atomic mass is 32.2. The summed E-state index contributed by atoms with van der Waals surface area (Å²) in [6.45, 7) is 1.56. The predicted molar refractivity (Wildman–Crippen MR) is 67.5 cm³/mol. The second-order valence-corrected chi connectivity index (χ2v) is 5.54. The predicted octanol–water partition coefficient (Wildman–Crippen LogP) is 1.36. The van der Waals surface area contributed by atoms with Crippen LogP contribution in [0.2, 0.25) is 0 Å². The van der Waals surface area contributed by atoms with E-state index in [1.807, 2.05) is 4.72 Å². The van der Waals surface area contributed by atoms with Gasteiger partial charge in [-0.25, -0.2) is 14.2 Å². The summed E-state index contributed by atoms with van der Waals surface area (Å²) in [7, 11) is -4.31. The lowest BCUT2D eigenvalue weighted by Crippen LogP contribution is -2.17. The van der Waals surface area contributed by atoms with Crippen LogP contribution in [0.1, 0.15) is 16.2 Å². The van der Waals surface area contributed by atoms with E-state index in [0.29, 0.717) is 5.69 Å². The highest BCUT2D eigenvalue weighted by Gasteiger charge is 2.24. The van der Waals surface area contributed by atoms with Gasteiger partial charge in [0.2, 0.25) is 5.03 Å². The normalized spacial score (nSPS) is 11.3. The Morgan fingerprint density at radius 2 is 2.20 bits per heavy atom. The van der Waals surface area contributed by atoms with E-state index in [-0.39, 0.29) is 11.4 Å². The van der Waals surface area contributed by atoms with E-state index >= 15 is 0 Å². The van der Waals surface area contributed by atoms with Gasteiger partial charge in [-0.1, -0.05) is 0 Å². The fourth-order valence-corrected chi connectivity index (χ4v) is 2.67. The summed E-state index contributed by atoms with van der Waals surface area (Å²) in [5.41, 5.74) is -0.0657. The number of aromatic amines is 1. The van der Waals surface area contributed by atoms with Gasteiger partial charge in [-0.2, -0.15) is 8.42 Å². The largest absolute Gasteiger partial charge is 0.477 e. The van der Waals surface area contributed by atoms with Crippen LogP contribution in [0.15, 0.2) is 29.4 Å². The van der Waals surface area contributed by atoms with Crippen molar-refractivity contribution in [2.45, 2.75) is 11.9 Å².